The van der Waals surface area contributed by atoms with E-state index in [2.05, 4.69) is 20.6 Å². The number of pyridine rings is 1. The second-order valence-electron chi connectivity index (χ2n) is 7.95. The molecule has 0 radical (unpaired) electrons. The summed E-state index contributed by atoms with van der Waals surface area (Å²) in [5.41, 5.74) is 3.38. The number of amides is 2. The number of fused-ring (bicyclic) bond motifs is 1. The Kier molecular flexibility index (Phi) is 5.52. The molecule has 7 nitrogen and oxygen atoms in total. The highest BCUT2D eigenvalue weighted by atomic mass is 35.5. The highest BCUT2D eigenvalue weighted by molar-refractivity contribution is 6.32. The summed E-state index contributed by atoms with van der Waals surface area (Å²) in [7, 11) is 0. The lowest BCUT2D eigenvalue weighted by Gasteiger charge is -2.17. The predicted octanol–water partition coefficient (Wildman–Crippen LogP) is 5.16. The fourth-order valence-corrected chi connectivity index (χ4v) is 4.23. The number of anilines is 1. The second kappa shape index (κ2) is 8.50. The van der Waals surface area contributed by atoms with E-state index in [1.165, 1.54) is 0 Å². The van der Waals surface area contributed by atoms with Crippen LogP contribution >= 0.6 is 23.2 Å². The number of halogens is 2. The summed E-state index contributed by atoms with van der Waals surface area (Å²) in [5.74, 6) is -0.755. The van der Waals surface area contributed by atoms with E-state index >= 15 is 0 Å². The van der Waals surface area contributed by atoms with Crippen molar-refractivity contribution >= 4 is 46.2 Å². The summed E-state index contributed by atoms with van der Waals surface area (Å²) < 4.78 is 1.83. The van der Waals surface area contributed by atoms with Crippen molar-refractivity contribution in [2.75, 3.05) is 5.32 Å². The molecule has 5 rings (SSSR count). The predicted molar refractivity (Wildman–Crippen MR) is 128 cm³/mol. The van der Waals surface area contributed by atoms with Gasteiger partial charge in [-0.15, -0.1) is 0 Å². The summed E-state index contributed by atoms with van der Waals surface area (Å²) in [5, 5.41) is 6.50. The maximum absolute atomic E-state index is 13.5. The average molecular weight is 480 g/mol. The van der Waals surface area contributed by atoms with Crippen LogP contribution in [0.25, 0.3) is 16.8 Å². The number of nitrogens with zero attached hydrogens (tertiary/aromatic N) is 3. The van der Waals surface area contributed by atoms with Gasteiger partial charge in [-0.2, -0.15) is 0 Å². The van der Waals surface area contributed by atoms with Crippen LogP contribution in [0.4, 0.5) is 5.69 Å². The van der Waals surface area contributed by atoms with E-state index in [4.69, 9.17) is 23.2 Å². The first-order valence-corrected chi connectivity index (χ1v) is 11.2. The molecule has 1 aliphatic carbocycles. The number of rotatable bonds is 5. The summed E-state index contributed by atoms with van der Waals surface area (Å²) >= 11 is 12.6. The van der Waals surface area contributed by atoms with Gasteiger partial charge in [0.15, 0.2) is 5.69 Å². The van der Waals surface area contributed by atoms with E-state index in [0.29, 0.717) is 33.1 Å². The molecule has 1 fully saturated rings. The van der Waals surface area contributed by atoms with E-state index in [1.807, 2.05) is 22.7 Å². The zero-order valence-electron chi connectivity index (χ0n) is 17.6. The van der Waals surface area contributed by atoms with Crippen LogP contribution in [0.1, 0.15) is 39.3 Å². The maximum Gasteiger partial charge on any atom is 0.276 e. The molecule has 2 amide bonds. The van der Waals surface area contributed by atoms with Crippen molar-refractivity contribution in [3.8, 4) is 11.3 Å². The Labute approximate surface area is 199 Å². The molecule has 1 aromatic carbocycles. The van der Waals surface area contributed by atoms with Crippen molar-refractivity contribution in [2.45, 2.75) is 25.8 Å². The molecular formula is C24H19Cl2N5O2. The number of hydrogen-bond donors (Lipinski definition) is 2. The Balaban J connectivity index is 1.59. The van der Waals surface area contributed by atoms with Crippen molar-refractivity contribution in [1.29, 1.82) is 0 Å². The number of aromatic nitrogens is 3. The van der Waals surface area contributed by atoms with E-state index < -0.39 is 5.91 Å². The Hall–Kier alpha value is -3.42. The van der Waals surface area contributed by atoms with E-state index in [-0.39, 0.29) is 22.8 Å². The zero-order chi connectivity index (χ0) is 23.1. The number of hydrogen-bond acceptors (Lipinski definition) is 4. The first kappa shape index (κ1) is 21.4. The summed E-state index contributed by atoms with van der Waals surface area (Å²) in [6, 6.07) is 10.7. The van der Waals surface area contributed by atoms with E-state index in [1.54, 1.807) is 43.6 Å². The molecule has 33 heavy (non-hydrogen) atoms. The highest BCUT2D eigenvalue weighted by Crippen LogP contribution is 2.31. The molecule has 166 valence electrons. The lowest BCUT2D eigenvalue weighted by atomic mass is 10.1. The summed E-state index contributed by atoms with van der Waals surface area (Å²) in [6.45, 7) is 1.79. The lowest BCUT2D eigenvalue weighted by molar-refractivity contribution is 0.0952. The molecule has 0 bridgehead atoms. The molecule has 3 heterocycles. The van der Waals surface area contributed by atoms with Crippen LogP contribution in [-0.4, -0.2) is 32.2 Å². The van der Waals surface area contributed by atoms with Crippen molar-refractivity contribution in [1.82, 2.24) is 19.7 Å². The van der Waals surface area contributed by atoms with Crippen LogP contribution in [-0.2, 0) is 0 Å². The molecule has 2 N–H and O–H groups in total. The van der Waals surface area contributed by atoms with Gasteiger partial charge in [-0.1, -0.05) is 23.2 Å². The third kappa shape index (κ3) is 4.17. The van der Waals surface area contributed by atoms with Gasteiger partial charge in [-0.05, 0) is 61.7 Å². The van der Waals surface area contributed by atoms with Gasteiger partial charge in [0.2, 0.25) is 0 Å². The van der Waals surface area contributed by atoms with Crippen LogP contribution in [0.15, 0.2) is 55.0 Å². The average Bonchev–Trinajstić information content (AvgIpc) is 3.47. The molecule has 9 heteroatoms. The monoisotopic (exact) mass is 479 g/mol. The summed E-state index contributed by atoms with van der Waals surface area (Å²) in [4.78, 5) is 34.9. The van der Waals surface area contributed by atoms with E-state index in [9.17, 15) is 9.59 Å². The van der Waals surface area contributed by atoms with Crippen LogP contribution in [0, 0.1) is 6.92 Å². The van der Waals surface area contributed by atoms with Crippen molar-refractivity contribution in [3.05, 3.63) is 82.0 Å². The molecule has 1 saturated carbocycles. The SMILES string of the molecule is Cc1cc(Cl)cc(C(=O)NC2CC2)c1NC(=O)c1ncc2cccn2c1-c1cccnc1Cl. The van der Waals surface area contributed by atoms with Gasteiger partial charge >= 0.3 is 0 Å². The topological polar surface area (TPSA) is 88.4 Å². The molecular weight excluding hydrogens is 461 g/mol. The Morgan fingerprint density at radius 3 is 2.67 bits per heavy atom. The fourth-order valence-electron chi connectivity index (χ4n) is 3.75. The Morgan fingerprint density at radius 1 is 1.09 bits per heavy atom. The first-order chi connectivity index (χ1) is 15.9. The molecule has 0 atom stereocenters. The maximum atomic E-state index is 13.5. The largest absolute Gasteiger partial charge is 0.349 e. The van der Waals surface area contributed by atoms with Gasteiger partial charge in [0.05, 0.1) is 28.7 Å². The van der Waals surface area contributed by atoms with Gasteiger partial charge in [-0.25, -0.2) is 9.97 Å². The van der Waals surface area contributed by atoms with Crippen molar-refractivity contribution < 1.29 is 9.59 Å². The lowest BCUT2D eigenvalue weighted by Crippen LogP contribution is -2.27. The summed E-state index contributed by atoms with van der Waals surface area (Å²) in [6.07, 6.45) is 6.91. The van der Waals surface area contributed by atoms with Crippen LogP contribution in [0.5, 0.6) is 0 Å². The minimum Gasteiger partial charge on any atom is -0.349 e. The van der Waals surface area contributed by atoms with Crippen molar-refractivity contribution in [2.24, 2.45) is 0 Å². The van der Waals surface area contributed by atoms with Crippen LogP contribution in [0.3, 0.4) is 0 Å². The van der Waals surface area contributed by atoms with Crippen molar-refractivity contribution in [3.63, 3.8) is 0 Å². The molecule has 0 spiro atoms. The quantitative estimate of drug-likeness (QED) is 0.387. The number of benzene rings is 1. The molecule has 0 saturated heterocycles. The van der Waals surface area contributed by atoms with E-state index in [0.717, 1.165) is 18.4 Å². The van der Waals surface area contributed by atoms with Gasteiger partial charge in [0, 0.05) is 29.0 Å². The number of carbonyl (C=O) groups is 2. The second-order valence-corrected chi connectivity index (χ2v) is 8.74. The smallest absolute Gasteiger partial charge is 0.276 e. The van der Waals surface area contributed by atoms with Crippen LogP contribution in [0.2, 0.25) is 10.2 Å². The molecule has 0 aliphatic heterocycles. The standard InChI is InChI=1S/C24H19Cl2N5O2/c1-13-10-14(25)11-18(23(32)29-15-6-7-15)19(13)30-24(33)20-21(17-5-2-8-27-22(17)26)31-9-3-4-16(31)12-28-20/h2-5,8-12,15H,6-7H2,1H3,(H,29,32)(H,30,33). The van der Waals surface area contributed by atoms with Gasteiger partial charge < -0.3 is 15.0 Å². The third-order valence-electron chi connectivity index (χ3n) is 5.50. The normalized spacial score (nSPS) is 13.2. The van der Waals surface area contributed by atoms with Gasteiger partial charge in [0.1, 0.15) is 5.15 Å². The molecule has 4 aromatic rings. The van der Waals surface area contributed by atoms with Gasteiger partial charge in [-0.3, -0.25) is 9.59 Å². The number of nitrogens with one attached hydrogen (secondary N) is 2. The Morgan fingerprint density at radius 2 is 1.91 bits per heavy atom. The minimum absolute atomic E-state index is 0.150. The minimum atomic E-state index is -0.480. The fraction of sp³-hybridized carbons (Fsp3) is 0.167. The third-order valence-corrected chi connectivity index (χ3v) is 6.02. The Bertz CT molecular complexity index is 1410. The number of aryl methyl sites for hydroxylation is 1. The molecule has 3 aromatic heterocycles. The highest BCUT2D eigenvalue weighted by Gasteiger charge is 2.27. The number of carbonyl (C=O) groups excluding carboxylic acids is 2. The van der Waals surface area contributed by atoms with Crippen LogP contribution < -0.4 is 10.6 Å². The van der Waals surface area contributed by atoms with Gasteiger partial charge in [0.25, 0.3) is 11.8 Å². The first-order valence-electron chi connectivity index (χ1n) is 10.4. The molecule has 0 unspecified atom stereocenters. The zero-order valence-corrected chi connectivity index (χ0v) is 19.1. The molecule has 1 aliphatic rings.